The molecule has 1 aliphatic heterocycles. The summed E-state index contributed by atoms with van der Waals surface area (Å²) >= 11 is 0. The van der Waals surface area contributed by atoms with Crippen molar-refractivity contribution in [3.63, 3.8) is 0 Å². The Labute approximate surface area is 157 Å². The highest BCUT2D eigenvalue weighted by molar-refractivity contribution is 6.10. The number of carboxylic acid groups (broad SMARTS) is 1. The van der Waals surface area contributed by atoms with E-state index >= 15 is 0 Å². The number of benzene rings is 2. The molecule has 0 fully saturated rings. The Hall–Kier alpha value is -3.19. The van der Waals surface area contributed by atoms with Crippen LogP contribution in [0.4, 0.5) is 5.69 Å². The Morgan fingerprint density at radius 2 is 1.96 bits per heavy atom. The smallest absolute Gasteiger partial charge is 0.323 e. The van der Waals surface area contributed by atoms with Crippen LogP contribution >= 0.6 is 0 Å². The number of fused-ring (bicyclic) bond motifs is 1. The van der Waals surface area contributed by atoms with Crippen molar-refractivity contribution in [3.05, 3.63) is 65.2 Å². The SMILES string of the molecule is C[C@](N)(Cc1ccc2c(c1)CCN2C(=N)NC(=O)c1ccccc1)C(=O)O. The number of nitrogens with two attached hydrogens (primary N) is 1. The van der Waals surface area contributed by atoms with Crippen molar-refractivity contribution < 1.29 is 14.7 Å². The van der Waals surface area contributed by atoms with Gasteiger partial charge in [-0.25, -0.2) is 0 Å². The van der Waals surface area contributed by atoms with Crippen LogP contribution in [0.15, 0.2) is 48.5 Å². The molecule has 1 atom stereocenters. The van der Waals surface area contributed by atoms with Gasteiger partial charge in [0.2, 0.25) is 5.96 Å². The van der Waals surface area contributed by atoms with Crippen LogP contribution in [-0.2, 0) is 17.6 Å². The number of carbonyl (C=O) groups is 2. The molecule has 3 rings (SSSR count). The molecule has 7 heteroatoms. The van der Waals surface area contributed by atoms with E-state index < -0.39 is 11.5 Å². The molecule has 0 radical (unpaired) electrons. The molecule has 0 aromatic heterocycles. The fraction of sp³-hybridized carbons (Fsp3) is 0.250. The van der Waals surface area contributed by atoms with Gasteiger partial charge in [-0.3, -0.25) is 20.3 Å². The summed E-state index contributed by atoms with van der Waals surface area (Å²) in [5.41, 5.74) is 7.68. The molecule has 7 nitrogen and oxygen atoms in total. The fourth-order valence-electron chi connectivity index (χ4n) is 3.13. The van der Waals surface area contributed by atoms with Gasteiger partial charge < -0.3 is 15.7 Å². The summed E-state index contributed by atoms with van der Waals surface area (Å²) in [7, 11) is 0. The van der Waals surface area contributed by atoms with Crippen LogP contribution in [0.5, 0.6) is 0 Å². The van der Waals surface area contributed by atoms with E-state index in [2.05, 4.69) is 5.32 Å². The van der Waals surface area contributed by atoms with E-state index in [4.69, 9.17) is 11.1 Å². The molecule has 0 aliphatic carbocycles. The number of anilines is 1. The maximum atomic E-state index is 12.3. The van der Waals surface area contributed by atoms with E-state index in [1.807, 2.05) is 24.3 Å². The number of hydrogen-bond acceptors (Lipinski definition) is 4. The topological polar surface area (TPSA) is 120 Å². The Bertz CT molecular complexity index is 893. The standard InChI is InChI=1S/C20H22N4O3/c1-20(22,18(26)27)12-13-7-8-16-15(11-13)9-10-24(16)19(21)23-17(25)14-5-3-2-4-6-14/h2-8,11H,9-10,12,22H2,1H3,(H,26,27)(H2,21,23,25)/t20-/m0/s1. The normalized spacial score (nSPS) is 15.0. The van der Waals surface area contributed by atoms with Crippen molar-refractivity contribution in [3.8, 4) is 0 Å². The number of carboxylic acids is 1. The Balaban J connectivity index is 1.72. The maximum absolute atomic E-state index is 12.3. The number of aliphatic carboxylic acids is 1. The lowest BCUT2D eigenvalue weighted by molar-refractivity contribution is -0.142. The van der Waals surface area contributed by atoms with Crippen LogP contribution in [0, 0.1) is 5.41 Å². The third-order valence-electron chi connectivity index (χ3n) is 4.64. The quantitative estimate of drug-likeness (QED) is 0.485. The van der Waals surface area contributed by atoms with Gasteiger partial charge in [-0.1, -0.05) is 30.3 Å². The first-order valence-electron chi connectivity index (χ1n) is 8.64. The molecule has 2 aromatic rings. The molecule has 0 saturated carbocycles. The second-order valence-corrected chi connectivity index (χ2v) is 6.93. The van der Waals surface area contributed by atoms with Crippen molar-refractivity contribution >= 4 is 23.5 Å². The predicted octanol–water partition coefficient (Wildman–Crippen LogP) is 1.76. The molecule has 0 saturated heterocycles. The molecule has 1 aliphatic rings. The predicted molar refractivity (Wildman–Crippen MR) is 103 cm³/mol. The number of nitrogens with zero attached hydrogens (tertiary/aromatic N) is 1. The van der Waals surface area contributed by atoms with Crippen LogP contribution in [0.2, 0.25) is 0 Å². The molecule has 5 N–H and O–H groups in total. The lowest BCUT2D eigenvalue weighted by atomic mass is 9.93. The first kappa shape index (κ1) is 18.6. The highest BCUT2D eigenvalue weighted by atomic mass is 16.4. The number of rotatable bonds is 4. The molecular formula is C20H22N4O3. The summed E-state index contributed by atoms with van der Waals surface area (Å²) in [6.07, 6.45) is 0.929. The second kappa shape index (κ2) is 7.20. The summed E-state index contributed by atoms with van der Waals surface area (Å²) in [4.78, 5) is 25.2. The van der Waals surface area contributed by atoms with Gasteiger partial charge in [-0.05, 0) is 42.7 Å². The van der Waals surface area contributed by atoms with E-state index in [1.54, 1.807) is 29.2 Å². The third-order valence-corrected chi connectivity index (χ3v) is 4.64. The first-order chi connectivity index (χ1) is 12.8. The molecule has 0 bridgehead atoms. The Kier molecular flexibility index (Phi) is 4.96. The monoisotopic (exact) mass is 366 g/mol. The maximum Gasteiger partial charge on any atom is 0.323 e. The van der Waals surface area contributed by atoms with E-state index in [0.717, 1.165) is 16.8 Å². The lowest BCUT2D eigenvalue weighted by Crippen LogP contribution is -2.46. The highest BCUT2D eigenvalue weighted by Crippen LogP contribution is 2.29. The summed E-state index contributed by atoms with van der Waals surface area (Å²) in [5, 5.41) is 20.1. The minimum absolute atomic E-state index is 0.0181. The number of guanidine groups is 1. The summed E-state index contributed by atoms with van der Waals surface area (Å²) in [6, 6.07) is 14.3. The largest absolute Gasteiger partial charge is 0.480 e. The fourth-order valence-corrected chi connectivity index (χ4v) is 3.13. The zero-order valence-electron chi connectivity index (χ0n) is 15.0. The first-order valence-corrected chi connectivity index (χ1v) is 8.64. The van der Waals surface area contributed by atoms with E-state index in [1.165, 1.54) is 6.92 Å². The zero-order valence-corrected chi connectivity index (χ0v) is 15.0. The van der Waals surface area contributed by atoms with E-state index in [9.17, 15) is 14.7 Å². The van der Waals surface area contributed by atoms with Gasteiger partial charge in [0, 0.05) is 24.2 Å². The summed E-state index contributed by atoms with van der Waals surface area (Å²) < 4.78 is 0. The number of amides is 1. The molecule has 27 heavy (non-hydrogen) atoms. The van der Waals surface area contributed by atoms with Crippen molar-refractivity contribution in [2.75, 3.05) is 11.4 Å². The highest BCUT2D eigenvalue weighted by Gasteiger charge is 2.29. The second-order valence-electron chi connectivity index (χ2n) is 6.93. The molecule has 1 heterocycles. The molecular weight excluding hydrogens is 344 g/mol. The van der Waals surface area contributed by atoms with Crippen molar-refractivity contribution in [1.29, 1.82) is 5.41 Å². The van der Waals surface area contributed by atoms with Gasteiger partial charge >= 0.3 is 5.97 Å². The Morgan fingerprint density at radius 3 is 2.63 bits per heavy atom. The summed E-state index contributed by atoms with van der Waals surface area (Å²) in [5.74, 6) is -1.36. The van der Waals surface area contributed by atoms with Crippen LogP contribution < -0.4 is 16.0 Å². The van der Waals surface area contributed by atoms with Gasteiger partial charge in [0.05, 0.1) is 0 Å². The lowest BCUT2D eigenvalue weighted by Gasteiger charge is -2.22. The van der Waals surface area contributed by atoms with E-state index in [-0.39, 0.29) is 18.3 Å². The van der Waals surface area contributed by atoms with Gasteiger partial charge in [-0.2, -0.15) is 0 Å². The van der Waals surface area contributed by atoms with Gasteiger partial charge in [0.1, 0.15) is 5.54 Å². The van der Waals surface area contributed by atoms with Crippen molar-refractivity contribution in [2.24, 2.45) is 5.73 Å². The number of carbonyl (C=O) groups excluding carboxylic acids is 1. The number of hydrogen-bond donors (Lipinski definition) is 4. The van der Waals surface area contributed by atoms with Crippen molar-refractivity contribution in [1.82, 2.24) is 5.32 Å². The van der Waals surface area contributed by atoms with Gasteiger partial charge in [0.25, 0.3) is 5.91 Å². The van der Waals surface area contributed by atoms with Crippen LogP contribution in [0.25, 0.3) is 0 Å². The molecule has 0 spiro atoms. The number of nitrogens with one attached hydrogen (secondary N) is 2. The molecule has 2 aromatic carbocycles. The average Bonchev–Trinajstić information content (AvgIpc) is 3.05. The van der Waals surface area contributed by atoms with Crippen LogP contribution in [0.3, 0.4) is 0 Å². The third kappa shape index (κ3) is 3.98. The summed E-state index contributed by atoms with van der Waals surface area (Å²) in [6.45, 7) is 2.06. The van der Waals surface area contributed by atoms with Crippen LogP contribution in [-0.4, -0.2) is 35.0 Å². The minimum Gasteiger partial charge on any atom is -0.480 e. The molecule has 140 valence electrons. The Morgan fingerprint density at radius 1 is 1.26 bits per heavy atom. The van der Waals surface area contributed by atoms with Gasteiger partial charge in [0.15, 0.2) is 0 Å². The minimum atomic E-state index is -1.33. The molecule has 1 amide bonds. The molecule has 0 unspecified atom stereocenters. The average molecular weight is 366 g/mol. The van der Waals surface area contributed by atoms with Crippen LogP contribution in [0.1, 0.15) is 28.4 Å². The zero-order chi connectivity index (χ0) is 19.6. The van der Waals surface area contributed by atoms with Gasteiger partial charge in [-0.15, -0.1) is 0 Å². The van der Waals surface area contributed by atoms with Crippen molar-refractivity contribution in [2.45, 2.75) is 25.3 Å². The van der Waals surface area contributed by atoms with E-state index in [0.29, 0.717) is 18.5 Å².